The van der Waals surface area contributed by atoms with Gasteiger partial charge in [-0.05, 0) is 19.4 Å². The normalized spacial score (nSPS) is 33.4. The van der Waals surface area contributed by atoms with E-state index in [4.69, 9.17) is 5.11 Å². The fraction of sp³-hybridized carbons (Fsp3) is 0.909. The van der Waals surface area contributed by atoms with Crippen LogP contribution >= 0.6 is 0 Å². The molecular formula is C11H17F2NO2. The van der Waals surface area contributed by atoms with Crippen molar-refractivity contribution in [1.82, 2.24) is 4.90 Å². The lowest BCUT2D eigenvalue weighted by Gasteiger charge is -2.19. The summed E-state index contributed by atoms with van der Waals surface area (Å²) >= 11 is 0. The van der Waals surface area contributed by atoms with Crippen LogP contribution in [0.15, 0.2) is 0 Å². The third kappa shape index (κ3) is 2.05. The topological polar surface area (TPSA) is 40.5 Å². The van der Waals surface area contributed by atoms with E-state index in [1.165, 1.54) is 0 Å². The molecule has 16 heavy (non-hydrogen) atoms. The van der Waals surface area contributed by atoms with Gasteiger partial charge in [0.1, 0.15) is 0 Å². The molecule has 92 valence electrons. The number of fused-ring (bicyclic) bond motifs is 1. The molecule has 1 heterocycles. The second-order valence-electron chi connectivity index (χ2n) is 5.03. The molecule has 2 rings (SSSR count). The van der Waals surface area contributed by atoms with Crippen LogP contribution in [0.3, 0.4) is 0 Å². The van der Waals surface area contributed by atoms with Crippen LogP contribution in [0.4, 0.5) is 8.78 Å². The molecule has 0 radical (unpaired) electrons. The summed E-state index contributed by atoms with van der Waals surface area (Å²) in [6, 6.07) is 0. The number of halogens is 2. The Balaban J connectivity index is 1.62. The zero-order valence-corrected chi connectivity index (χ0v) is 9.33. The first-order chi connectivity index (χ1) is 7.43. The summed E-state index contributed by atoms with van der Waals surface area (Å²) < 4.78 is 25.7. The van der Waals surface area contributed by atoms with Gasteiger partial charge in [0.15, 0.2) is 0 Å². The van der Waals surface area contributed by atoms with Crippen LogP contribution in [0.25, 0.3) is 0 Å². The molecule has 1 saturated heterocycles. The van der Waals surface area contributed by atoms with Crippen molar-refractivity contribution in [2.45, 2.75) is 25.7 Å². The number of carboxylic acids is 1. The van der Waals surface area contributed by atoms with Gasteiger partial charge in [0.25, 0.3) is 5.92 Å². The molecule has 0 aromatic heterocycles. The van der Waals surface area contributed by atoms with Crippen LogP contribution in [0.1, 0.15) is 19.8 Å². The van der Waals surface area contributed by atoms with Crippen molar-refractivity contribution >= 4 is 5.97 Å². The van der Waals surface area contributed by atoms with Crippen LogP contribution in [0.5, 0.6) is 0 Å². The van der Waals surface area contributed by atoms with Crippen LogP contribution < -0.4 is 0 Å². The van der Waals surface area contributed by atoms with Gasteiger partial charge in [0.05, 0.1) is 5.92 Å². The highest BCUT2D eigenvalue weighted by molar-refractivity contribution is 5.69. The van der Waals surface area contributed by atoms with Crippen molar-refractivity contribution in [2.75, 3.05) is 19.6 Å². The van der Waals surface area contributed by atoms with Gasteiger partial charge >= 0.3 is 5.97 Å². The Morgan fingerprint density at radius 1 is 1.50 bits per heavy atom. The van der Waals surface area contributed by atoms with Gasteiger partial charge < -0.3 is 10.0 Å². The average molecular weight is 233 g/mol. The molecule has 0 aromatic carbocycles. The number of piperidine rings is 1. The van der Waals surface area contributed by atoms with Crippen LogP contribution in [0.2, 0.25) is 0 Å². The van der Waals surface area contributed by atoms with Gasteiger partial charge in [-0.25, -0.2) is 8.78 Å². The predicted molar refractivity (Wildman–Crippen MR) is 54.4 cm³/mol. The fourth-order valence-electron chi connectivity index (χ4n) is 2.52. The Labute approximate surface area is 93.4 Å². The zero-order valence-electron chi connectivity index (χ0n) is 9.33. The number of carboxylic acid groups (broad SMARTS) is 1. The van der Waals surface area contributed by atoms with E-state index < -0.39 is 23.7 Å². The number of likely N-dealkylation sites (tertiary alicyclic amines) is 1. The summed E-state index contributed by atoms with van der Waals surface area (Å²) in [5, 5.41) is 8.68. The Morgan fingerprint density at radius 2 is 2.06 bits per heavy atom. The van der Waals surface area contributed by atoms with Crippen molar-refractivity contribution in [3.63, 3.8) is 0 Å². The van der Waals surface area contributed by atoms with E-state index in [1.54, 1.807) is 6.92 Å². The molecule has 3 nitrogen and oxygen atoms in total. The minimum Gasteiger partial charge on any atom is -0.481 e. The molecule has 1 saturated carbocycles. The highest BCUT2D eigenvalue weighted by Gasteiger charge is 2.71. The molecule has 1 aliphatic heterocycles. The third-order valence-corrected chi connectivity index (χ3v) is 3.81. The van der Waals surface area contributed by atoms with Gasteiger partial charge in [-0.2, -0.15) is 0 Å². The van der Waals surface area contributed by atoms with Gasteiger partial charge in [-0.3, -0.25) is 4.79 Å². The Bertz CT molecular complexity index is 282. The smallest absolute Gasteiger partial charge is 0.306 e. The van der Waals surface area contributed by atoms with E-state index >= 15 is 0 Å². The minimum absolute atomic E-state index is 0.335. The standard InChI is InChI=1S/C11H17F2NO2/c1-7(10(15)16)3-2-4-14-5-8-9(6-14)11(8,12)13/h7-9H,2-6H2,1H3,(H,15,16). The molecule has 0 aromatic rings. The summed E-state index contributed by atoms with van der Waals surface area (Å²) in [5.74, 6) is -4.38. The van der Waals surface area contributed by atoms with Crippen molar-refractivity contribution in [3.05, 3.63) is 0 Å². The summed E-state index contributed by atoms with van der Waals surface area (Å²) in [4.78, 5) is 12.6. The van der Waals surface area contributed by atoms with Crippen molar-refractivity contribution in [1.29, 1.82) is 0 Å². The van der Waals surface area contributed by atoms with E-state index in [-0.39, 0.29) is 5.92 Å². The number of nitrogens with zero attached hydrogens (tertiary/aromatic N) is 1. The molecule has 1 N–H and O–H groups in total. The lowest BCUT2D eigenvalue weighted by Crippen LogP contribution is -2.29. The lowest BCUT2D eigenvalue weighted by molar-refractivity contribution is -0.141. The summed E-state index contributed by atoms with van der Waals surface area (Å²) in [6.45, 7) is 3.40. The quantitative estimate of drug-likeness (QED) is 0.785. The Morgan fingerprint density at radius 3 is 2.56 bits per heavy atom. The van der Waals surface area contributed by atoms with Crippen LogP contribution in [-0.4, -0.2) is 41.5 Å². The minimum atomic E-state index is -2.41. The molecule has 0 bridgehead atoms. The Kier molecular flexibility index (Phi) is 2.90. The highest BCUT2D eigenvalue weighted by Crippen LogP contribution is 2.59. The predicted octanol–water partition coefficient (Wildman–Crippen LogP) is 1.68. The summed E-state index contributed by atoms with van der Waals surface area (Å²) in [7, 11) is 0. The molecule has 2 fully saturated rings. The molecule has 1 aliphatic carbocycles. The van der Waals surface area contributed by atoms with E-state index in [0.717, 1.165) is 13.0 Å². The van der Waals surface area contributed by atoms with Crippen molar-refractivity contribution in [3.8, 4) is 0 Å². The van der Waals surface area contributed by atoms with Crippen molar-refractivity contribution in [2.24, 2.45) is 17.8 Å². The SMILES string of the molecule is CC(CCCN1CC2C(C1)C2(F)F)C(=O)O. The zero-order chi connectivity index (χ0) is 11.9. The van der Waals surface area contributed by atoms with Crippen molar-refractivity contribution < 1.29 is 18.7 Å². The molecular weight excluding hydrogens is 216 g/mol. The summed E-state index contributed by atoms with van der Waals surface area (Å²) in [6.07, 6.45) is 1.40. The summed E-state index contributed by atoms with van der Waals surface area (Å²) in [5.41, 5.74) is 0. The highest BCUT2D eigenvalue weighted by atomic mass is 19.3. The number of hydrogen-bond acceptors (Lipinski definition) is 2. The van der Waals surface area contributed by atoms with Gasteiger partial charge in [0, 0.05) is 24.9 Å². The molecule has 0 spiro atoms. The maximum absolute atomic E-state index is 12.9. The number of aliphatic carboxylic acids is 1. The van der Waals surface area contributed by atoms with Gasteiger partial charge in [0.2, 0.25) is 0 Å². The molecule has 2 aliphatic rings. The fourth-order valence-corrected chi connectivity index (χ4v) is 2.52. The van der Waals surface area contributed by atoms with Gasteiger partial charge in [-0.15, -0.1) is 0 Å². The first kappa shape index (κ1) is 11.8. The first-order valence-electron chi connectivity index (χ1n) is 5.76. The average Bonchev–Trinajstić information content (AvgIpc) is 2.63. The molecule has 5 heteroatoms. The van der Waals surface area contributed by atoms with E-state index in [1.807, 2.05) is 4.90 Å². The van der Waals surface area contributed by atoms with E-state index in [2.05, 4.69) is 0 Å². The van der Waals surface area contributed by atoms with Gasteiger partial charge in [-0.1, -0.05) is 6.92 Å². The van der Waals surface area contributed by atoms with E-state index in [9.17, 15) is 13.6 Å². The lowest BCUT2D eigenvalue weighted by atomic mass is 10.1. The monoisotopic (exact) mass is 233 g/mol. The largest absolute Gasteiger partial charge is 0.481 e. The third-order valence-electron chi connectivity index (χ3n) is 3.81. The second kappa shape index (κ2) is 3.95. The van der Waals surface area contributed by atoms with Crippen LogP contribution in [0, 0.1) is 17.8 Å². The molecule has 0 amide bonds. The molecule has 3 atom stereocenters. The second-order valence-corrected chi connectivity index (χ2v) is 5.03. The maximum Gasteiger partial charge on any atom is 0.306 e. The van der Waals surface area contributed by atoms with Crippen LogP contribution in [-0.2, 0) is 4.79 Å². The first-order valence-corrected chi connectivity index (χ1v) is 5.76. The Hall–Kier alpha value is -0.710. The number of rotatable bonds is 5. The number of alkyl halides is 2. The number of carbonyl (C=O) groups is 1. The maximum atomic E-state index is 12.9. The molecule has 3 unspecified atom stereocenters. The number of hydrogen-bond donors (Lipinski definition) is 1. The van der Waals surface area contributed by atoms with E-state index in [0.29, 0.717) is 19.5 Å².